The fourth-order valence-corrected chi connectivity index (χ4v) is 0.773. The molecule has 0 aromatic carbocycles. The van der Waals surface area contributed by atoms with Gasteiger partial charge in [0.2, 0.25) is 0 Å². The van der Waals surface area contributed by atoms with Crippen molar-refractivity contribution >= 4 is 0 Å². The highest BCUT2D eigenvalue weighted by atomic mass is 16.9. The SMILES string of the molecule is CONOCCCCCCN. The maximum atomic E-state index is 5.33. The maximum absolute atomic E-state index is 5.33. The van der Waals surface area contributed by atoms with Crippen LogP contribution in [0.15, 0.2) is 0 Å². The van der Waals surface area contributed by atoms with Gasteiger partial charge in [-0.3, -0.25) is 9.68 Å². The molecule has 0 aliphatic rings. The normalized spacial score (nSPS) is 10.4. The number of unbranched alkanes of at least 4 members (excludes halogenated alkanes) is 3. The van der Waals surface area contributed by atoms with E-state index in [9.17, 15) is 0 Å². The lowest BCUT2D eigenvalue weighted by Crippen LogP contribution is -2.13. The number of rotatable bonds is 8. The van der Waals surface area contributed by atoms with Crippen LogP contribution < -0.4 is 11.4 Å². The summed E-state index contributed by atoms with van der Waals surface area (Å²) in [6, 6.07) is 0. The summed E-state index contributed by atoms with van der Waals surface area (Å²) in [7, 11) is 1.52. The molecule has 0 aromatic heterocycles. The van der Waals surface area contributed by atoms with Crippen LogP contribution in [0.1, 0.15) is 25.7 Å². The molecule has 0 spiro atoms. The summed E-state index contributed by atoms with van der Waals surface area (Å²) in [4.78, 5) is 9.34. The second-order valence-corrected chi connectivity index (χ2v) is 2.34. The van der Waals surface area contributed by atoms with Crippen molar-refractivity contribution < 1.29 is 9.68 Å². The molecule has 3 N–H and O–H groups in total. The molecule has 0 fully saturated rings. The number of nitrogens with one attached hydrogen (secondary N) is 1. The number of nitrogens with two attached hydrogens (primary N) is 1. The average molecular weight is 162 g/mol. The van der Waals surface area contributed by atoms with E-state index in [1.54, 1.807) is 0 Å². The maximum Gasteiger partial charge on any atom is 0.0709 e. The molecule has 0 saturated carbocycles. The number of hydrogen-bond acceptors (Lipinski definition) is 4. The van der Waals surface area contributed by atoms with Gasteiger partial charge in [-0.1, -0.05) is 18.5 Å². The first-order valence-corrected chi connectivity index (χ1v) is 4.01. The Morgan fingerprint density at radius 1 is 1.18 bits per heavy atom. The molecule has 0 radical (unpaired) electrons. The topological polar surface area (TPSA) is 56.5 Å². The molecule has 0 amide bonds. The molecule has 11 heavy (non-hydrogen) atoms. The van der Waals surface area contributed by atoms with E-state index in [0.717, 1.165) is 19.4 Å². The third kappa shape index (κ3) is 9.84. The Labute approximate surface area is 68.0 Å². The summed E-state index contributed by atoms with van der Waals surface area (Å²) in [5.74, 6) is 0. The first-order valence-electron chi connectivity index (χ1n) is 4.01. The van der Waals surface area contributed by atoms with Crippen molar-refractivity contribution in [3.63, 3.8) is 0 Å². The van der Waals surface area contributed by atoms with Gasteiger partial charge in [-0.15, -0.1) is 0 Å². The van der Waals surface area contributed by atoms with Gasteiger partial charge in [-0.05, 0) is 19.4 Å². The molecule has 0 unspecified atom stereocenters. The van der Waals surface area contributed by atoms with Crippen molar-refractivity contribution in [1.82, 2.24) is 5.64 Å². The zero-order valence-electron chi connectivity index (χ0n) is 7.14. The Morgan fingerprint density at radius 3 is 2.55 bits per heavy atom. The minimum Gasteiger partial charge on any atom is -0.330 e. The fourth-order valence-electron chi connectivity index (χ4n) is 0.773. The zero-order valence-corrected chi connectivity index (χ0v) is 7.14. The molecule has 0 rings (SSSR count). The smallest absolute Gasteiger partial charge is 0.0709 e. The molecule has 68 valence electrons. The van der Waals surface area contributed by atoms with Crippen molar-refractivity contribution in [3.8, 4) is 0 Å². The molecule has 0 saturated heterocycles. The van der Waals surface area contributed by atoms with E-state index in [2.05, 4.69) is 10.5 Å². The molecule has 0 aromatic rings. The van der Waals surface area contributed by atoms with Crippen LogP contribution in [0, 0.1) is 0 Å². The molecular formula is C7H18N2O2. The van der Waals surface area contributed by atoms with Crippen LogP contribution in [-0.4, -0.2) is 20.3 Å². The molecule has 0 aliphatic carbocycles. The highest BCUT2D eigenvalue weighted by Gasteiger charge is 1.88. The predicted molar refractivity (Wildman–Crippen MR) is 43.6 cm³/mol. The fraction of sp³-hybridized carbons (Fsp3) is 1.00. The van der Waals surface area contributed by atoms with Gasteiger partial charge in [-0.25, -0.2) is 0 Å². The molecule has 0 bridgehead atoms. The first-order chi connectivity index (χ1) is 5.41. The van der Waals surface area contributed by atoms with Gasteiger partial charge in [0.05, 0.1) is 13.7 Å². The highest BCUT2D eigenvalue weighted by molar-refractivity contribution is 4.42. The molecule has 4 nitrogen and oxygen atoms in total. The van der Waals surface area contributed by atoms with E-state index >= 15 is 0 Å². The summed E-state index contributed by atoms with van der Waals surface area (Å²) in [5, 5.41) is 0. The van der Waals surface area contributed by atoms with Crippen LogP contribution in [0.2, 0.25) is 0 Å². The second kappa shape index (κ2) is 9.84. The first kappa shape index (κ1) is 10.8. The summed E-state index contributed by atoms with van der Waals surface area (Å²) < 4.78 is 0. The van der Waals surface area contributed by atoms with Gasteiger partial charge in [0, 0.05) is 0 Å². The standard InChI is InChI=1S/C7H18N2O2/c1-10-9-11-7-5-3-2-4-6-8/h9H,2-8H2,1H3. The third-order valence-corrected chi connectivity index (χ3v) is 1.34. The second-order valence-electron chi connectivity index (χ2n) is 2.34. The Morgan fingerprint density at radius 2 is 1.91 bits per heavy atom. The molecule has 4 heteroatoms. The van der Waals surface area contributed by atoms with E-state index in [1.807, 2.05) is 0 Å². The Kier molecular flexibility index (Phi) is 9.70. The summed E-state index contributed by atoms with van der Waals surface area (Å²) in [6.45, 7) is 1.48. The lowest BCUT2D eigenvalue weighted by molar-refractivity contribution is -0.152. The van der Waals surface area contributed by atoms with Gasteiger partial charge in [0.25, 0.3) is 0 Å². The molecular weight excluding hydrogens is 144 g/mol. The van der Waals surface area contributed by atoms with E-state index in [-0.39, 0.29) is 0 Å². The number of hydrogen-bond donors (Lipinski definition) is 2. The van der Waals surface area contributed by atoms with Gasteiger partial charge in [0.1, 0.15) is 0 Å². The van der Waals surface area contributed by atoms with Crippen LogP contribution in [0.25, 0.3) is 0 Å². The highest BCUT2D eigenvalue weighted by Crippen LogP contribution is 1.97. The van der Waals surface area contributed by atoms with Crippen molar-refractivity contribution in [1.29, 1.82) is 0 Å². The summed E-state index contributed by atoms with van der Waals surface area (Å²) >= 11 is 0. The Balaban J connectivity index is 2.69. The monoisotopic (exact) mass is 162 g/mol. The van der Waals surface area contributed by atoms with Crippen molar-refractivity contribution in [2.24, 2.45) is 5.73 Å². The van der Waals surface area contributed by atoms with Crippen LogP contribution in [0.4, 0.5) is 0 Å². The quantitative estimate of drug-likeness (QED) is 0.405. The average Bonchev–Trinajstić information content (AvgIpc) is 2.03. The summed E-state index contributed by atoms with van der Waals surface area (Å²) in [6.07, 6.45) is 4.52. The van der Waals surface area contributed by atoms with Gasteiger partial charge >= 0.3 is 0 Å². The molecule has 0 atom stereocenters. The van der Waals surface area contributed by atoms with Gasteiger partial charge < -0.3 is 5.73 Å². The zero-order chi connectivity index (χ0) is 8.36. The summed E-state index contributed by atoms with van der Waals surface area (Å²) in [5.41, 5.74) is 7.64. The van der Waals surface area contributed by atoms with E-state index in [0.29, 0.717) is 6.61 Å². The van der Waals surface area contributed by atoms with E-state index in [4.69, 9.17) is 10.6 Å². The lowest BCUT2D eigenvalue weighted by atomic mass is 10.2. The van der Waals surface area contributed by atoms with E-state index in [1.165, 1.54) is 20.0 Å². The van der Waals surface area contributed by atoms with E-state index < -0.39 is 0 Å². The third-order valence-electron chi connectivity index (χ3n) is 1.34. The Hall–Kier alpha value is -0.160. The minimum absolute atomic E-state index is 0.693. The van der Waals surface area contributed by atoms with Crippen LogP contribution in [0.3, 0.4) is 0 Å². The van der Waals surface area contributed by atoms with Gasteiger partial charge in [-0.2, -0.15) is 0 Å². The van der Waals surface area contributed by atoms with Crippen LogP contribution in [0.5, 0.6) is 0 Å². The van der Waals surface area contributed by atoms with Crippen molar-refractivity contribution in [2.75, 3.05) is 20.3 Å². The van der Waals surface area contributed by atoms with Gasteiger partial charge in [0.15, 0.2) is 0 Å². The minimum atomic E-state index is 0.693. The lowest BCUT2D eigenvalue weighted by Gasteiger charge is -2.01. The predicted octanol–water partition coefficient (Wildman–Crippen LogP) is 0.588. The largest absolute Gasteiger partial charge is 0.330 e. The van der Waals surface area contributed by atoms with Crippen LogP contribution in [-0.2, 0) is 9.68 Å². The molecule has 0 heterocycles. The van der Waals surface area contributed by atoms with Crippen LogP contribution >= 0.6 is 0 Å². The Bertz CT molecular complexity index is 63.5. The molecule has 0 aliphatic heterocycles. The van der Waals surface area contributed by atoms with Crippen molar-refractivity contribution in [3.05, 3.63) is 0 Å². The van der Waals surface area contributed by atoms with Crippen molar-refractivity contribution in [2.45, 2.75) is 25.7 Å².